The highest BCUT2D eigenvalue weighted by Gasteiger charge is 2.53. The van der Waals surface area contributed by atoms with E-state index in [2.05, 4.69) is 11.9 Å². The predicted octanol–water partition coefficient (Wildman–Crippen LogP) is 0.0858. The van der Waals surface area contributed by atoms with E-state index in [9.17, 15) is 8.76 Å². The Morgan fingerprint density at radius 2 is 2.50 bits per heavy atom. The van der Waals surface area contributed by atoms with E-state index >= 15 is 0 Å². The Kier molecular flexibility index (Phi) is 2.36. The molecular formula is C8H13N2O2S2+. The van der Waals surface area contributed by atoms with Gasteiger partial charge in [0.1, 0.15) is 12.1 Å². The fraction of sp³-hybridized carbons (Fsp3) is 0.625. The van der Waals surface area contributed by atoms with E-state index in [1.165, 1.54) is 0 Å². The van der Waals surface area contributed by atoms with Gasteiger partial charge in [0.15, 0.2) is 16.6 Å². The molecule has 2 fully saturated rings. The van der Waals surface area contributed by atoms with Crippen molar-refractivity contribution >= 4 is 27.5 Å². The topological polar surface area (TPSA) is 52.6 Å². The van der Waals surface area contributed by atoms with Gasteiger partial charge in [0, 0.05) is 6.54 Å². The summed E-state index contributed by atoms with van der Waals surface area (Å²) < 4.78 is 20.9. The summed E-state index contributed by atoms with van der Waals surface area (Å²) in [6.07, 6.45) is 1.76. The van der Waals surface area contributed by atoms with Crippen LogP contribution in [-0.4, -0.2) is 44.7 Å². The number of thiocarbonyl (C=S) groups is 1. The minimum atomic E-state index is -2.63. The van der Waals surface area contributed by atoms with Crippen LogP contribution < -0.4 is 5.32 Å². The van der Waals surface area contributed by atoms with Gasteiger partial charge in [-0.05, 0) is 12.2 Å². The molecule has 0 aromatic carbocycles. The third-order valence-electron chi connectivity index (χ3n) is 2.63. The third kappa shape index (κ3) is 1.57. The van der Waals surface area contributed by atoms with Crippen molar-refractivity contribution in [2.75, 3.05) is 18.1 Å². The average Bonchev–Trinajstić information content (AvgIpc) is 2.47. The Morgan fingerprint density at radius 3 is 3.14 bits per heavy atom. The van der Waals surface area contributed by atoms with E-state index in [1.807, 2.05) is 4.90 Å². The number of nitrogens with zero attached hydrogens (tertiary/aromatic N) is 1. The van der Waals surface area contributed by atoms with Crippen molar-refractivity contribution in [3.63, 3.8) is 0 Å². The van der Waals surface area contributed by atoms with Gasteiger partial charge in [-0.2, -0.15) is 4.55 Å². The summed E-state index contributed by atoms with van der Waals surface area (Å²) in [7, 11) is -2.63. The lowest BCUT2D eigenvalue weighted by atomic mass is 10.2. The summed E-state index contributed by atoms with van der Waals surface area (Å²) in [5.41, 5.74) is 0. The second kappa shape index (κ2) is 3.29. The molecular weight excluding hydrogens is 220 g/mol. The van der Waals surface area contributed by atoms with Crippen LogP contribution in [0.3, 0.4) is 0 Å². The SMILES string of the molecule is C=CCN1C(=S)N[C@@H]2C[S+](=O)(O)C[C@H]21. The molecule has 0 spiro atoms. The van der Waals surface area contributed by atoms with E-state index in [-0.39, 0.29) is 12.1 Å². The molecule has 6 heteroatoms. The monoisotopic (exact) mass is 233 g/mol. The van der Waals surface area contributed by atoms with Gasteiger partial charge in [0.2, 0.25) is 10.2 Å². The maximum atomic E-state index is 11.5. The van der Waals surface area contributed by atoms with Crippen LogP contribution in [0.4, 0.5) is 0 Å². The van der Waals surface area contributed by atoms with E-state index in [0.717, 1.165) is 0 Å². The Morgan fingerprint density at radius 1 is 1.79 bits per heavy atom. The van der Waals surface area contributed by atoms with Gasteiger partial charge in [-0.1, -0.05) is 10.3 Å². The molecule has 0 radical (unpaired) electrons. The first kappa shape index (κ1) is 10.1. The molecule has 0 aliphatic carbocycles. The van der Waals surface area contributed by atoms with E-state index in [4.69, 9.17) is 12.2 Å². The molecule has 0 bridgehead atoms. The number of rotatable bonds is 2. The lowest BCUT2D eigenvalue weighted by molar-refractivity contribution is 0.384. The minimum absolute atomic E-state index is 0.0416. The summed E-state index contributed by atoms with van der Waals surface area (Å²) in [5, 5.41) is 3.75. The minimum Gasteiger partial charge on any atom is -0.353 e. The first-order valence-corrected chi connectivity index (χ1v) is 6.70. The normalized spacial score (nSPS) is 40.9. The van der Waals surface area contributed by atoms with Gasteiger partial charge >= 0.3 is 0 Å². The molecule has 2 saturated heterocycles. The molecule has 0 saturated carbocycles. The van der Waals surface area contributed by atoms with Crippen LogP contribution in [-0.2, 0) is 14.4 Å². The highest BCUT2D eigenvalue weighted by atomic mass is 32.3. The smallest absolute Gasteiger partial charge is 0.218 e. The van der Waals surface area contributed by atoms with Gasteiger partial charge in [-0.25, -0.2) is 0 Å². The lowest BCUT2D eigenvalue weighted by Gasteiger charge is -2.19. The van der Waals surface area contributed by atoms with Crippen molar-refractivity contribution in [3.8, 4) is 0 Å². The summed E-state index contributed by atoms with van der Waals surface area (Å²) in [6.45, 7) is 4.29. The zero-order valence-corrected chi connectivity index (χ0v) is 9.31. The quantitative estimate of drug-likeness (QED) is 0.402. The van der Waals surface area contributed by atoms with Gasteiger partial charge < -0.3 is 10.2 Å². The predicted molar refractivity (Wildman–Crippen MR) is 60.6 cm³/mol. The highest BCUT2D eigenvalue weighted by Crippen LogP contribution is 2.26. The van der Waals surface area contributed by atoms with Crippen LogP contribution >= 0.6 is 12.2 Å². The molecule has 4 nitrogen and oxygen atoms in total. The Hall–Kier alpha value is -0.460. The molecule has 1 unspecified atom stereocenters. The number of hydrogen-bond acceptors (Lipinski definition) is 2. The maximum absolute atomic E-state index is 11.5. The van der Waals surface area contributed by atoms with Crippen LogP contribution in [0.2, 0.25) is 0 Å². The molecule has 0 amide bonds. The van der Waals surface area contributed by atoms with Crippen molar-refractivity contribution in [1.29, 1.82) is 0 Å². The molecule has 2 heterocycles. The first-order valence-electron chi connectivity index (χ1n) is 4.43. The van der Waals surface area contributed by atoms with Gasteiger partial charge in [-0.3, -0.25) is 0 Å². The van der Waals surface area contributed by atoms with Crippen molar-refractivity contribution in [1.82, 2.24) is 10.2 Å². The van der Waals surface area contributed by atoms with E-state index in [1.54, 1.807) is 6.08 Å². The summed E-state index contributed by atoms with van der Waals surface area (Å²) >= 11 is 5.13. The summed E-state index contributed by atoms with van der Waals surface area (Å²) in [5.74, 6) is 0.629. The number of hydrogen-bond donors (Lipinski definition) is 2. The fourth-order valence-corrected chi connectivity index (χ4v) is 4.35. The molecule has 2 rings (SSSR count). The van der Waals surface area contributed by atoms with Crippen LogP contribution in [0.5, 0.6) is 0 Å². The molecule has 2 aliphatic rings. The first-order chi connectivity index (χ1) is 6.53. The second-order valence-corrected chi connectivity index (χ2v) is 6.27. The number of fused-ring (bicyclic) bond motifs is 1. The molecule has 2 aliphatic heterocycles. The molecule has 0 aromatic heterocycles. The Bertz CT molecular complexity index is 331. The van der Waals surface area contributed by atoms with Crippen LogP contribution in [0.1, 0.15) is 0 Å². The maximum Gasteiger partial charge on any atom is 0.218 e. The van der Waals surface area contributed by atoms with Crippen molar-refractivity contribution in [2.24, 2.45) is 0 Å². The van der Waals surface area contributed by atoms with Crippen LogP contribution in [0.15, 0.2) is 12.7 Å². The van der Waals surface area contributed by atoms with Crippen LogP contribution in [0.25, 0.3) is 0 Å². The molecule has 14 heavy (non-hydrogen) atoms. The Balaban J connectivity index is 2.17. The van der Waals surface area contributed by atoms with Crippen molar-refractivity contribution in [2.45, 2.75) is 12.1 Å². The lowest BCUT2D eigenvalue weighted by Crippen LogP contribution is -2.37. The van der Waals surface area contributed by atoms with Gasteiger partial charge in [0.25, 0.3) is 0 Å². The second-order valence-electron chi connectivity index (χ2n) is 3.67. The van der Waals surface area contributed by atoms with E-state index < -0.39 is 10.2 Å². The Labute approximate surface area is 89.6 Å². The third-order valence-corrected chi connectivity index (χ3v) is 4.73. The van der Waals surface area contributed by atoms with Crippen LogP contribution in [0, 0.1) is 0 Å². The molecule has 2 N–H and O–H groups in total. The molecule has 3 atom stereocenters. The van der Waals surface area contributed by atoms with E-state index in [0.29, 0.717) is 23.2 Å². The number of nitrogens with one attached hydrogen (secondary N) is 1. The summed E-state index contributed by atoms with van der Waals surface area (Å²) in [4.78, 5) is 1.94. The summed E-state index contributed by atoms with van der Waals surface area (Å²) in [6, 6.07) is 0.109. The fourth-order valence-electron chi connectivity index (χ4n) is 2.04. The largest absolute Gasteiger partial charge is 0.353 e. The highest BCUT2D eigenvalue weighted by molar-refractivity contribution is 7.98. The average molecular weight is 233 g/mol. The van der Waals surface area contributed by atoms with Crippen molar-refractivity contribution < 1.29 is 8.76 Å². The van der Waals surface area contributed by atoms with Crippen molar-refractivity contribution in [3.05, 3.63) is 12.7 Å². The zero-order chi connectivity index (χ0) is 10.3. The van der Waals surface area contributed by atoms with Gasteiger partial charge in [0.05, 0.1) is 0 Å². The van der Waals surface area contributed by atoms with Gasteiger partial charge in [-0.15, -0.1) is 6.58 Å². The molecule has 78 valence electrons. The zero-order valence-electron chi connectivity index (χ0n) is 7.68. The standard InChI is InChI=1S/C8H12N2O2S2/c1-2-3-10-7-5-14(11,12)4-6(7)9-8(10)13/h2,6-7H,1,3-5H2,(H-,9,11,12,13)/p+1/t6-,7-/m1/s1. The molecule has 0 aromatic rings.